The highest BCUT2D eigenvalue weighted by Crippen LogP contribution is 2.39. The second kappa shape index (κ2) is 5.54. The van der Waals surface area contributed by atoms with Gasteiger partial charge in [0, 0.05) is 20.5 Å². The fourth-order valence-corrected chi connectivity index (χ4v) is 2.49. The van der Waals surface area contributed by atoms with E-state index in [0.717, 1.165) is 0 Å². The van der Waals surface area contributed by atoms with Crippen LogP contribution in [-0.4, -0.2) is 55.6 Å². The molecule has 0 saturated heterocycles. The van der Waals surface area contributed by atoms with Crippen LogP contribution >= 0.6 is 0 Å². The van der Waals surface area contributed by atoms with E-state index in [1.54, 1.807) is 22.1 Å². The number of aromatic nitrogens is 4. The summed E-state index contributed by atoms with van der Waals surface area (Å²) in [5, 5.41) is 10.2. The van der Waals surface area contributed by atoms with Crippen LogP contribution in [0.2, 0.25) is 0 Å². The van der Waals surface area contributed by atoms with Gasteiger partial charge in [0.1, 0.15) is 17.8 Å². The molecule has 23 heavy (non-hydrogen) atoms. The lowest BCUT2D eigenvalue weighted by Gasteiger charge is -2.19. The van der Waals surface area contributed by atoms with Gasteiger partial charge in [0.05, 0.1) is 18.7 Å². The predicted molar refractivity (Wildman–Crippen MR) is 85.2 cm³/mol. The minimum atomic E-state index is -1.64. The van der Waals surface area contributed by atoms with E-state index >= 15 is 0 Å². The van der Waals surface area contributed by atoms with Gasteiger partial charge in [-0.1, -0.05) is 12.7 Å². The van der Waals surface area contributed by atoms with Crippen LogP contribution < -0.4 is 0 Å². The Labute approximate surface area is 132 Å². The van der Waals surface area contributed by atoms with E-state index in [4.69, 9.17) is 0 Å². The molecule has 2 aromatic heterocycles. The Balaban J connectivity index is 2.02. The average molecular weight is 316 g/mol. The maximum atomic E-state index is 13.9. The van der Waals surface area contributed by atoms with Crippen LogP contribution in [0.4, 0.5) is 10.2 Å². The van der Waals surface area contributed by atoms with Gasteiger partial charge < -0.3 is 14.6 Å². The van der Waals surface area contributed by atoms with Gasteiger partial charge in [0.15, 0.2) is 17.0 Å². The number of hydrogen-bond acceptors (Lipinski definition) is 5. The zero-order valence-corrected chi connectivity index (χ0v) is 12.9. The van der Waals surface area contributed by atoms with Crippen molar-refractivity contribution in [3.05, 3.63) is 37.2 Å². The topological polar surface area (TPSA) is 79.4 Å². The zero-order valence-electron chi connectivity index (χ0n) is 12.9. The molecule has 1 N–H and O–H groups in total. The van der Waals surface area contributed by atoms with Crippen molar-refractivity contribution in [2.75, 3.05) is 14.1 Å². The number of hydrogen-bond donors (Lipinski definition) is 1. The fourth-order valence-electron chi connectivity index (χ4n) is 2.49. The molecule has 1 aliphatic rings. The normalized spacial score (nSPS) is 24.3. The van der Waals surface area contributed by atoms with Gasteiger partial charge in [-0.05, 0) is 6.08 Å². The Kier molecular flexibility index (Phi) is 3.69. The standard InChI is InChI=1S/C15H17FN6O/c1-4-15(23)6-10(5-11(15)16)22-9-19-12-13(20-8-21(2)3)17-7-18-14(12)22/h4-5,7-10,23H,1,6H2,2-3H3/b20-8-/t10-,15-/m0/s1. The van der Waals surface area contributed by atoms with Crippen molar-refractivity contribution in [3.8, 4) is 0 Å². The summed E-state index contributed by atoms with van der Waals surface area (Å²) in [4.78, 5) is 18.6. The number of nitrogens with zero attached hydrogens (tertiary/aromatic N) is 6. The monoisotopic (exact) mass is 316 g/mol. The summed E-state index contributed by atoms with van der Waals surface area (Å²) < 4.78 is 15.6. The third-order valence-corrected chi connectivity index (χ3v) is 3.72. The van der Waals surface area contributed by atoms with Crippen LogP contribution in [0.25, 0.3) is 11.2 Å². The van der Waals surface area contributed by atoms with Crippen LogP contribution in [0.5, 0.6) is 0 Å². The van der Waals surface area contributed by atoms with Crippen molar-refractivity contribution in [2.24, 2.45) is 4.99 Å². The van der Waals surface area contributed by atoms with Gasteiger partial charge in [-0.2, -0.15) is 0 Å². The van der Waals surface area contributed by atoms with Crippen LogP contribution in [-0.2, 0) is 0 Å². The smallest absolute Gasteiger partial charge is 0.184 e. The fraction of sp³-hybridized carbons (Fsp3) is 0.333. The summed E-state index contributed by atoms with van der Waals surface area (Å²) in [6.45, 7) is 3.49. The quantitative estimate of drug-likeness (QED) is 0.528. The number of aliphatic imine (C=N–C) groups is 1. The van der Waals surface area contributed by atoms with Crippen molar-refractivity contribution in [1.29, 1.82) is 0 Å². The first-order valence-corrected chi connectivity index (χ1v) is 7.06. The molecule has 0 bridgehead atoms. The van der Waals surface area contributed by atoms with Crippen LogP contribution in [0, 0.1) is 0 Å². The minimum absolute atomic E-state index is 0.147. The molecule has 0 aromatic carbocycles. The second-order valence-corrected chi connectivity index (χ2v) is 5.64. The summed E-state index contributed by atoms with van der Waals surface area (Å²) >= 11 is 0. The Morgan fingerprint density at radius 3 is 2.91 bits per heavy atom. The van der Waals surface area contributed by atoms with Crippen molar-refractivity contribution >= 4 is 23.3 Å². The lowest BCUT2D eigenvalue weighted by atomic mass is 10.0. The van der Waals surface area contributed by atoms with Gasteiger partial charge >= 0.3 is 0 Å². The van der Waals surface area contributed by atoms with Gasteiger partial charge in [-0.15, -0.1) is 0 Å². The van der Waals surface area contributed by atoms with Gasteiger partial charge in [0.25, 0.3) is 0 Å². The molecule has 0 aliphatic heterocycles. The Bertz CT molecular complexity index is 811. The number of halogens is 1. The van der Waals surface area contributed by atoms with Crippen LogP contribution in [0.3, 0.4) is 0 Å². The molecule has 0 radical (unpaired) electrons. The predicted octanol–water partition coefficient (Wildman–Crippen LogP) is 1.76. The van der Waals surface area contributed by atoms with Crippen molar-refractivity contribution in [1.82, 2.24) is 24.4 Å². The number of allylic oxidation sites excluding steroid dienone is 1. The summed E-state index contributed by atoms with van der Waals surface area (Å²) in [5.41, 5.74) is -0.582. The molecule has 2 atom stereocenters. The molecule has 2 heterocycles. The second-order valence-electron chi connectivity index (χ2n) is 5.64. The summed E-state index contributed by atoms with van der Waals surface area (Å²) in [5.74, 6) is -0.178. The van der Waals surface area contributed by atoms with E-state index in [0.29, 0.717) is 17.0 Å². The van der Waals surface area contributed by atoms with Crippen molar-refractivity contribution in [3.63, 3.8) is 0 Å². The van der Waals surface area contributed by atoms with E-state index in [1.165, 1.54) is 18.5 Å². The van der Waals surface area contributed by atoms with E-state index in [-0.39, 0.29) is 6.42 Å². The van der Waals surface area contributed by atoms with Crippen molar-refractivity contribution < 1.29 is 9.50 Å². The highest BCUT2D eigenvalue weighted by atomic mass is 19.1. The Morgan fingerprint density at radius 1 is 1.48 bits per heavy atom. The molecule has 1 aliphatic carbocycles. The molecule has 120 valence electrons. The average Bonchev–Trinajstić information content (AvgIpc) is 3.07. The van der Waals surface area contributed by atoms with E-state index < -0.39 is 17.5 Å². The number of rotatable bonds is 4. The summed E-state index contributed by atoms with van der Waals surface area (Å²) in [6.07, 6.45) is 7.27. The SMILES string of the molecule is C=C[C@]1(O)C[C@@H](n2cnc3c(/N=C\N(C)C)ncnc32)C=C1F. The number of fused-ring (bicyclic) bond motifs is 1. The van der Waals surface area contributed by atoms with E-state index in [9.17, 15) is 9.50 Å². The minimum Gasteiger partial charge on any atom is -0.379 e. The molecular weight excluding hydrogens is 299 g/mol. The first kappa shape index (κ1) is 15.3. The third kappa shape index (κ3) is 2.61. The number of aliphatic hydroxyl groups is 1. The Hall–Kier alpha value is -2.61. The first-order valence-electron chi connectivity index (χ1n) is 7.06. The van der Waals surface area contributed by atoms with Crippen molar-refractivity contribution in [2.45, 2.75) is 18.1 Å². The summed E-state index contributed by atoms with van der Waals surface area (Å²) in [6, 6.07) is -0.399. The highest BCUT2D eigenvalue weighted by Gasteiger charge is 2.39. The molecule has 0 unspecified atom stereocenters. The van der Waals surface area contributed by atoms with Gasteiger partial charge in [0.2, 0.25) is 0 Å². The molecule has 0 fully saturated rings. The van der Waals surface area contributed by atoms with E-state index in [1.807, 2.05) is 14.1 Å². The van der Waals surface area contributed by atoms with Gasteiger partial charge in [-0.3, -0.25) is 0 Å². The molecule has 0 saturated carbocycles. The molecule has 0 spiro atoms. The third-order valence-electron chi connectivity index (χ3n) is 3.72. The molecule has 0 amide bonds. The molecule has 8 heteroatoms. The molecule has 2 aromatic rings. The summed E-state index contributed by atoms with van der Waals surface area (Å²) in [7, 11) is 3.70. The first-order chi connectivity index (χ1) is 10.9. The number of imidazole rings is 1. The molecule has 7 nitrogen and oxygen atoms in total. The van der Waals surface area contributed by atoms with E-state index in [2.05, 4.69) is 26.5 Å². The largest absolute Gasteiger partial charge is 0.379 e. The van der Waals surface area contributed by atoms with Gasteiger partial charge in [-0.25, -0.2) is 24.3 Å². The lowest BCUT2D eigenvalue weighted by molar-refractivity contribution is 0.100. The highest BCUT2D eigenvalue weighted by molar-refractivity contribution is 5.83. The maximum Gasteiger partial charge on any atom is 0.184 e. The maximum absolute atomic E-state index is 13.9. The zero-order chi connectivity index (χ0) is 16.6. The van der Waals surface area contributed by atoms with Crippen LogP contribution in [0.15, 0.2) is 42.2 Å². The molecular formula is C15H17FN6O. The Morgan fingerprint density at radius 2 is 2.26 bits per heavy atom. The van der Waals surface area contributed by atoms with Crippen LogP contribution in [0.1, 0.15) is 12.5 Å². The molecule has 3 rings (SSSR count). The lowest BCUT2D eigenvalue weighted by Crippen LogP contribution is -2.24.